The lowest BCUT2D eigenvalue weighted by atomic mass is 9.44. The quantitative estimate of drug-likeness (QED) is 0.526. The van der Waals surface area contributed by atoms with Crippen LogP contribution in [0.4, 0.5) is 4.39 Å². The molecule has 4 aliphatic carbocycles. The molecule has 0 nitrogen and oxygen atoms in total. The topological polar surface area (TPSA) is 0 Å². The van der Waals surface area contributed by atoms with E-state index in [1.165, 1.54) is 57.8 Å². The Morgan fingerprint density at radius 2 is 1.77 bits per heavy atom. The van der Waals surface area contributed by atoms with Crippen LogP contribution in [0.3, 0.4) is 0 Å². The lowest BCUT2D eigenvalue weighted by Crippen LogP contribution is -2.53. The van der Waals surface area contributed by atoms with Gasteiger partial charge in [-0.1, -0.05) is 40.0 Å². The Kier molecular flexibility index (Phi) is 3.66. The van der Waals surface area contributed by atoms with Gasteiger partial charge in [0.25, 0.3) is 0 Å². The molecule has 0 radical (unpaired) electrons. The van der Waals surface area contributed by atoms with Gasteiger partial charge in [-0.3, -0.25) is 0 Å². The molecule has 2 unspecified atom stereocenters. The summed E-state index contributed by atoms with van der Waals surface area (Å²) in [6, 6.07) is 0. The SMILES string of the molecule is CC[C@H]1CC(F)[C@H]2[C@@H]3CCC4CCCC[C@]4(C)[C@H]3CC[C@]12C. The fraction of sp³-hybridized carbons (Fsp3) is 1.00. The second kappa shape index (κ2) is 5.21. The van der Waals surface area contributed by atoms with Crippen molar-refractivity contribution in [3.8, 4) is 0 Å². The first-order valence-electron chi connectivity index (χ1n) is 10.1. The molecule has 4 aliphatic rings. The van der Waals surface area contributed by atoms with Gasteiger partial charge in [-0.2, -0.15) is 0 Å². The molecular weight excluding hydrogens is 271 g/mol. The highest BCUT2D eigenvalue weighted by Crippen LogP contribution is 2.68. The van der Waals surface area contributed by atoms with Crippen LogP contribution in [-0.4, -0.2) is 6.17 Å². The van der Waals surface area contributed by atoms with E-state index in [9.17, 15) is 0 Å². The lowest BCUT2D eigenvalue weighted by Gasteiger charge is -2.60. The minimum Gasteiger partial charge on any atom is -0.247 e. The van der Waals surface area contributed by atoms with E-state index in [0.29, 0.717) is 28.6 Å². The molecule has 0 saturated heterocycles. The first-order valence-corrected chi connectivity index (χ1v) is 10.1. The molecule has 4 rings (SSSR count). The Hall–Kier alpha value is -0.0700. The molecule has 4 saturated carbocycles. The lowest BCUT2D eigenvalue weighted by molar-refractivity contribution is -0.120. The summed E-state index contributed by atoms with van der Waals surface area (Å²) in [5.41, 5.74) is 0.861. The number of rotatable bonds is 1. The van der Waals surface area contributed by atoms with Crippen LogP contribution in [0.25, 0.3) is 0 Å². The highest BCUT2D eigenvalue weighted by molar-refractivity contribution is 5.10. The van der Waals surface area contributed by atoms with Crippen LogP contribution in [0, 0.1) is 40.4 Å². The third kappa shape index (κ3) is 1.92. The molecule has 0 aromatic heterocycles. The largest absolute Gasteiger partial charge is 0.247 e. The highest BCUT2D eigenvalue weighted by Gasteiger charge is 2.62. The van der Waals surface area contributed by atoms with Crippen molar-refractivity contribution in [1.82, 2.24) is 0 Å². The monoisotopic (exact) mass is 306 g/mol. The number of hydrogen-bond acceptors (Lipinski definition) is 0. The fourth-order valence-corrected chi connectivity index (χ4v) is 8.05. The van der Waals surface area contributed by atoms with Crippen LogP contribution in [0.15, 0.2) is 0 Å². The predicted molar refractivity (Wildman–Crippen MR) is 90.4 cm³/mol. The summed E-state index contributed by atoms with van der Waals surface area (Å²) in [5, 5.41) is 0. The van der Waals surface area contributed by atoms with E-state index in [4.69, 9.17) is 0 Å². The Labute approximate surface area is 136 Å². The van der Waals surface area contributed by atoms with E-state index < -0.39 is 6.17 Å². The molecule has 4 fully saturated rings. The van der Waals surface area contributed by atoms with Crippen LogP contribution in [0.1, 0.15) is 85.0 Å². The van der Waals surface area contributed by atoms with Gasteiger partial charge in [0, 0.05) is 0 Å². The van der Waals surface area contributed by atoms with E-state index in [2.05, 4.69) is 20.8 Å². The van der Waals surface area contributed by atoms with Gasteiger partial charge in [0.1, 0.15) is 6.17 Å². The summed E-state index contributed by atoms with van der Waals surface area (Å²) in [6.45, 7) is 7.34. The Morgan fingerprint density at radius 1 is 0.955 bits per heavy atom. The zero-order chi connectivity index (χ0) is 15.5. The molecule has 22 heavy (non-hydrogen) atoms. The van der Waals surface area contributed by atoms with Crippen molar-refractivity contribution in [2.75, 3.05) is 0 Å². The molecule has 0 amide bonds. The van der Waals surface area contributed by atoms with Gasteiger partial charge in [-0.25, -0.2) is 4.39 Å². The van der Waals surface area contributed by atoms with Crippen LogP contribution >= 0.6 is 0 Å². The summed E-state index contributed by atoms with van der Waals surface area (Å²) >= 11 is 0. The predicted octanol–water partition coefficient (Wildman–Crippen LogP) is 6.39. The summed E-state index contributed by atoms with van der Waals surface area (Å²) in [7, 11) is 0. The van der Waals surface area contributed by atoms with Crippen molar-refractivity contribution < 1.29 is 4.39 Å². The van der Waals surface area contributed by atoms with Gasteiger partial charge in [-0.15, -0.1) is 0 Å². The molecule has 0 heterocycles. The standard InChI is InChI=1S/C21H35F/c1-4-14-13-18(22)19-16-9-8-15-7-5-6-11-20(15,2)17(16)10-12-21(14,19)3/h14-19H,4-13H2,1-3H3/t14-,15?,16+,17-,18?,19+,20-,21+/m0/s1. The normalized spacial score (nSPS) is 57.8. The molecule has 0 bridgehead atoms. The first kappa shape index (κ1) is 15.5. The maximum absolute atomic E-state index is 15.1. The summed E-state index contributed by atoms with van der Waals surface area (Å²) in [4.78, 5) is 0. The van der Waals surface area contributed by atoms with Gasteiger partial charge in [0.15, 0.2) is 0 Å². The van der Waals surface area contributed by atoms with Crippen LogP contribution < -0.4 is 0 Å². The highest BCUT2D eigenvalue weighted by atomic mass is 19.1. The molecular formula is C21H35F. The average Bonchev–Trinajstić information content (AvgIpc) is 2.77. The minimum atomic E-state index is -0.508. The Bertz CT molecular complexity index is 432. The number of alkyl halides is 1. The van der Waals surface area contributed by atoms with Crippen molar-refractivity contribution in [2.45, 2.75) is 91.2 Å². The smallest absolute Gasteiger partial charge is 0.104 e. The molecule has 0 aromatic rings. The molecule has 0 aromatic carbocycles. The summed E-state index contributed by atoms with van der Waals surface area (Å²) in [5.74, 6) is 3.51. The fourth-order valence-electron chi connectivity index (χ4n) is 8.05. The molecule has 0 aliphatic heterocycles. The molecule has 0 N–H and O–H groups in total. The molecule has 1 heteroatoms. The summed E-state index contributed by atoms with van der Waals surface area (Å²) < 4.78 is 15.1. The van der Waals surface area contributed by atoms with Crippen molar-refractivity contribution >= 4 is 0 Å². The third-order valence-electron chi connectivity index (χ3n) is 9.20. The average molecular weight is 307 g/mol. The maximum Gasteiger partial charge on any atom is 0.104 e. The van der Waals surface area contributed by atoms with E-state index in [1.54, 1.807) is 0 Å². The summed E-state index contributed by atoms with van der Waals surface area (Å²) in [6.07, 6.45) is 12.7. The van der Waals surface area contributed by atoms with Gasteiger partial charge in [-0.05, 0) is 85.4 Å². The van der Waals surface area contributed by atoms with Gasteiger partial charge >= 0.3 is 0 Å². The number of fused-ring (bicyclic) bond motifs is 5. The van der Waals surface area contributed by atoms with E-state index in [-0.39, 0.29) is 0 Å². The molecule has 8 atom stereocenters. The Balaban J connectivity index is 1.66. The van der Waals surface area contributed by atoms with Gasteiger partial charge in [0.2, 0.25) is 0 Å². The van der Waals surface area contributed by atoms with Crippen molar-refractivity contribution in [1.29, 1.82) is 0 Å². The number of hydrogen-bond donors (Lipinski definition) is 0. The van der Waals surface area contributed by atoms with Crippen molar-refractivity contribution in [3.63, 3.8) is 0 Å². The van der Waals surface area contributed by atoms with Gasteiger partial charge < -0.3 is 0 Å². The van der Waals surface area contributed by atoms with Crippen LogP contribution in [0.2, 0.25) is 0 Å². The van der Waals surface area contributed by atoms with E-state index in [1.807, 2.05) is 0 Å². The molecule has 126 valence electrons. The second-order valence-corrected chi connectivity index (χ2v) is 9.72. The zero-order valence-electron chi connectivity index (χ0n) is 14.9. The second-order valence-electron chi connectivity index (χ2n) is 9.72. The van der Waals surface area contributed by atoms with Crippen LogP contribution in [-0.2, 0) is 0 Å². The molecule has 0 spiro atoms. The van der Waals surface area contributed by atoms with Gasteiger partial charge in [0.05, 0.1) is 0 Å². The van der Waals surface area contributed by atoms with Crippen molar-refractivity contribution in [2.24, 2.45) is 40.4 Å². The maximum atomic E-state index is 15.1. The number of halogens is 1. The minimum absolute atomic E-state index is 0.313. The third-order valence-corrected chi connectivity index (χ3v) is 9.20. The first-order chi connectivity index (χ1) is 10.5. The zero-order valence-corrected chi connectivity index (χ0v) is 14.9. The van der Waals surface area contributed by atoms with Crippen molar-refractivity contribution in [3.05, 3.63) is 0 Å². The van der Waals surface area contributed by atoms with E-state index >= 15 is 4.39 Å². The Morgan fingerprint density at radius 3 is 2.55 bits per heavy atom. The van der Waals surface area contributed by atoms with Crippen LogP contribution in [0.5, 0.6) is 0 Å². The van der Waals surface area contributed by atoms with E-state index in [0.717, 1.165) is 18.3 Å².